The Bertz CT molecular complexity index is 857. The number of hydrogen-bond acceptors (Lipinski definition) is 5. The Hall–Kier alpha value is -3.60. The van der Waals surface area contributed by atoms with Crippen LogP contribution in [0, 0.1) is 0 Å². The zero-order valence-electron chi connectivity index (χ0n) is 15.7. The van der Waals surface area contributed by atoms with E-state index in [1.807, 2.05) is 24.3 Å². The van der Waals surface area contributed by atoms with Gasteiger partial charge in [0.25, 0.3) is 0 Å². The quantitative estimate of drug-likeness (QED) is 0.521. The third-order valence-electron chi connectivity index (χ3n) is 3.47. The molecular formula is C19H19F3N2O6. The van der Waals surface area contributed by atoms with Gasteiger partial charge in [-0.15, -0.1) is 0 Å². The number of alkyl halides is 3. The van der Waals surface area contributed by atoms with Crippen molar-refractivity contribution in [3.63, 3.8) is 0 Å². The Kier molecular flexibility index (Phi) is 9.30. The van der Waals surface area contributed by atoms with Gasteiger partial charge in [-0.05, 0) is 30.3 Å². The number of carbonyl (C=O) groups excluding carboxylic acids is 1. The Labute approximate surface area is 169 Å². The van der Waals surface area contributed by atoms with Gasteiger partial charge in [0.05, 0.1) is 19.2 Å². The second-order valence-corrected chi connectivity index (χ2v) is 5.65. The zero-order valence-corrected chi connectivity index (χ0v) is 15.7. The molecule has 0 radical (unpaired) electrons. The number of ether oxygens (including phenoxy) is 1. The molecule has 0 aromatic heterocycles. The van der Waals surface area contributed by atoms with E-state index >= 15 is 0 Å². The number of carbonyl (C=O) groups is 3. The molecule has 0 saturated carbocycles. The number of carboxylic acids is 2. The van der Waals surface area contributed by atoms with Gasteiger partial charge in [0.15, 0.2) is 0 Å². The molecule has 162 valence electrons. The van der Waals surface area contributed by atoms with Gasteiger partial charge in [-0.1, -0.05) is 18.2 Å². The summed E-state index contributed by atoms with van der Waals surface area (Å²) >= 11 is 0. The van der Waals surface area contributed by atoms with E-state index in [1.54, 1.807) is 7.11 Å². The predicted molar refractivity (Wildman–Crippen MR) is 100 cm³/mol. The SMILES string of the molecule is COc1ccccc1CNCC(=O)Nc1ccc(C(F)(F)F)cc1.O=C(O)C(=O)O. The van der Waals surface area contributed by atoms with Crippen molar-refractivity contribution < 1.29 is 42.5 Å². The van der Waals surface area contributed by atoms with Crippen LogP contribution in [0.3, 0.4) is 0 Å². The number of rotatable bonds is 6. The lowest BCUT2D eigenvalue weighted by Gasteiger charge is -2.10. The number of hydrogen-bond donors (Lipinski definition) is 4. The van der Waals surface area contributed by atoms with E-state index in [9.17, 15) is 18.0 Å². The van der Waals surface area contributed by atoms with E-state index in [1.165, 1.54) is 12.1 Å². The Morgan fingerprint density at radius 1 is 0.967 bits per heavy atom. The van der Waals surface area contributed by atoms with Crippen molar-refractivity contribution in [3.05, 3.63) is 59.7 Å². The van der Waals surface area contributed by atoms with Gasteiger partial charge in [-0.25, -0.2) is 9.59 Å². The summed E-state index contributed by atoms with van der Waals surface area (Å²) in [6.45, 7) is 0.462. The van der Waals surface area contributed by atoms with E-state index in [0.29, 0.717) is 18.0 Å². The molecule has 1 amide bonds. The number of carboxylic acid groups (broad SMARTS) is 2. The molecule has 0 aliphatic rings. The van der Waals surface area contributed by atoms with Gasteiger partial charge in [-0.3, -0.25) is 4.79 Å². The van der Waals surface area contributed by atoms with Crippen LogP contribution >= 0.6 is 0 Å². The molecule has 0 unspecified atom stereocenters. The van der Waals surface area contributed by atoms with Crippen LogP contribution in [0.4, 0.5) is 18.9 Å². The normalized spacial score (nSPS) is 10.4. The first kappa shape index (κ1) is 24.4. The maximum atomic E-state index is 12.5. The van der Waals surface area contributed by atoms with Gasteiger partial charge >= 0.3 is 18.1 Å². The lowest BCUT2D eigenvalue weighted by Crippen LogP contribution is -2.27. The molecule has 0 aliphatic carbocycles. The first-order valence-corrected chi connectivity index (χ1v) is 8.30. The van der Waals surface area contributed by atoms with Crippen molar-refractivity contribution in [1.29, 1.82) is 0 Å². The van der Waals surface area contributed by atoms with E-state index in [0.717, 1.165) is 17.7 Å². The maximum Gasteiger partial charge on any atom is 0.416 e. The van der Waals surface area contributed by atoms with Gasteiger partial charge < -0.3 is 25.6 Å². The topological polar surface area (TPSA) is 125 Å². The molecule has 11 heteroatoms. The molecule has 0 heterocycles. The summed E-state index contributed by atoms with van der Waals surface area (Å²) in [6.07, 6.45) is -4.39. The summed E-state index contributed by atoms with van der Waals surface area (Å²) in [5, 5.41) is 20.3. The summed E-state index contributed by atoms with van der Waals surface area (Å²) < 4.78 is 42.6. The highest BCUT2D eigenvalue weighted by Gasteiger charge is 2.29. The van der Waals surface area contributed by atoms with E-state index < -0.39 is 23.7 Å². The van der Waals surface area contributed by atoms with Crippen LogP contribution < -0.4 is 15.4 Å². The molecule has 0 aliphatic heterocycles. The Morgan fingerprint density at radius 2 is 1.53 bits per heavy atom. The number of amides is 1. The van der Waals surface area contributed by atoms with E-state index in [-0.39, 0.29) is 12.5 Å². The van der Waals surface area contributed by atoms with Crippen LogP contribution in [-0.2, 0) is 27.1 Å². The number of halogens is 3. The molecule has 30 heavy (non-hydrogen) atoms. The molecule has 2 aromatic rings. The van der Waals surface area contributed by atoms with Crippen molar-refractivity contribution in [2.24, 2.45) is 0 Å². The van der Waals surface area contributed by atoms with Gasteiger partial charge in [0.1, 0.15) is 5.75 Å². The maximum absolute atomic E-state index is 12.5. The molecular weight excluding hydrogens is 409 g/mol. The molecule has 0 fully saturated rings. The highest BCUT2D eigenvalue weighted by Crippen LogP contribution is 2.29. The smallest absolute Gasteiger partial charge is 0.416 e. The summed E-state index contributed by atoms with van der Waals surface area (Å²) in [7, 11) is 1.57. The Balaban J connectivity index is 0.000000656. The van der Waals surface area contributed by atoms with Crippen molar-refractivity contribution in [1.82, 2.24) is 5.32 Å². The first-order chi connectivity index (χ1) is 14.0. The average molecular weight is 428 g/mol. The van der Waals surface area contributed by atoms with Crippen molar-refractivity contribution in [2.75, 3.05) is 19.0 Å². The summed E-state index contributed by atoms with van der Waals surface area (Å²) in [5.41, 5.74) is 0.462. The van der Waals surface area contributed by atoms with Crippen molar-refractivity contribution in [3.8, 4) is 5.75 Å². The van der Waals surface area contributed by atoms with Crippen molar-refractivity contribution in [2.45, 2.75) is 12.7 Å². The molecule has 4 N–H and O–H groups in total. The highest BCUT2D eigenvalue weighted by atomic mass is 19.4. The highest BCUT2D eigenvalue weighted by molar-refractivity contribution is 6.27. The molecule has 2 rings (SSSR count). The van der Waals surface area contributed by atoms with Crippen LogP contribution in [0.25, 0.3) is 0 Å². The fraction of sp³-hybridized carbons (Fsp3) is 0.211. The van der Waals surface area contributed by atoms with Crippen molar-refractivity contribution >= 4 is 23.5 Å². The molecule has 0 spiro atoms. The molecule has 0 bridgehead atoms. The lowest BCUT2D eigenvalue weighted by molar-refractivity contribution is -0.159. The summed E-state index contributed by atoms with van der Waals surface area (Å²) in [5.74, 6) is -3.28. The average Bonchev–Trinajstić information content (AvgIpc) is 2.68. The summed E-state index contributed by atoms with van der Waals surface area (Å²) in [4.78, 5) is 30.0. The molecule has 0 saturated heterocycles. The fourth-order valence-corrected chi connectivity index (χ4v) is 2.11. The minimum Gasteiger partial charge on any atom is -0.496 e. The van der Waals surface area contributed by atoms with Crippen LogP contribution in [0.5, 0.6) is 5.75 Å². The van der Waals surface area contributed by atoms with Crippen LogP contribution in [0.2, 0.25) is 0 Å². The van der Waals surface area contributed by atoms with Crippen LogP contribution in [-0.4, -0.2) is 41.7 Å². The monoisotopic (exact) mass is 428 g/mol. The van der Waals surface area contributed by atoms with Crippen LogP contribution in [0.1, 0.15) is 11.1 Å². The van der Waals surface area contributed by atoms with Gasteiger partial charge in [0, 0.05) is 17.8 Å². The fourth-order valence-electron chi connectivity index (χ4n) is 2.11. The molecule has 2 aromatic carbocycles. The second-order valence-electron chi connectivity index (χ2n) is 5.65. The molecule has 8 nitrogen and oxygen atoms in total. The van der Waals surface area contributed by atoms with Gasteiger partial charge in [-0.2, -0.15) is 13.2 Å². The van der Waals surface area contributed by atoms with E-state index in [2.05, 4.69) is 10.6 Å². The Morgan fingerprint density at radius 3 is 2.03 bits per heavy atom. The van der Waals surface area contributed by atoms with Gasteiger partial charge in [0.2, 0.25) is 5.91 Å². The predicted octanol–water partition coefficient (Wildman–Crippen LogP) is 2.60. The first-order valence-electron chi connectivity index (χ1n) is 8.30. The number of aliphatic carboxylic acids is 2. The number of nitrogens with one attached hydrogen (secondary N) is 2. The standard InChI is InChI=1S/C17H17F3N2O2.C2H2O4/c1-24-15-5-3-2-4-12(15)10-21-11-16(23)22-14-8-6-13(7-9-14)17(18,19)20;3-1(4)2(5)6/h2-9,21H,10-11H2,1H3,(H,22,23);(H,3,4)(H,5,6). The number of para-hydroxylation sites is 1. The number of benzene rings is 2. The number of methoxy groups -OCH3 is 1. The second kappa shape index (κ2) is 11.4. The largest absolute Gasteiger partial charge is 0.496 e. The minimum atomic E-state index is -4.39. The van der Waals surface area contributed by atoms with Crippen LogP contribution in [0.15, 0.2) is 48.5 Å². The summed E-state index contributed by atoms with van der Waals surface area (Å²) in [6, 6.07) is 11.7. The number of anilines is 1. The minimum absolute atomic E-state index is 0.0269. The molecule has 0 atom stereocenters. The van der Waals surface area contributed by atoms with E-state index in [4.69, 9.17) is 24.5 Å². The third kappa shape index (κ3) is 8.61. The lowest BCUT2D eigenvalue weighted by atomic mass is 10.2. The zero-order chi connectivity index (χ0) is 22.7. The third-order valence-corrected chi connectivity index (χ3v) is 3.47.